The zero-order chi connectivity index (χ0) is 10.8. The fourth-order valence-corrected chi connectivity index (χ4v) is 3.25. The van der Waals surface area contributed by atoms with Crippen molar-refractivity contribution >= 4 is 17.7 Å². The maximum atomic E-state index is 12.0. The number of aliphatic hydroxyl groups is 1. The van der Waals surface area contributed by atoms with Gasteiger partial charge in [-0.25, -0.2) is 0 Å². The molecule has 1 amide bonds. The summed E-state index contributed by atoms with van der Waals surface area (Å²) in [5.41, 5.74) is 0. The number of nitrogens with zero attached hydrogens (tertiary/aromatic N) is 1. The second-order valence-electron chi connectivity index (χ2n) is 4.55. The minimum atomic E-state index is -0.174. The number of carbonyl (C=O) groups excluding carboxylic acids is 1. The molecule has 0 aromatic heterocycles. The van der Waals surface area contributed by atoms with Crippen LogP contribution in [0.2, 0.25) is 0 Å². The van der Waals surface area contributed by atoms with E-state index >= 15 is 0 Å². The van der Waals surface area contributed by atoms with Crippen LogP contribution in [0.5, 0.6) is 0 Å². The van der Waals surface area contributed by atoms with Crippen molar-refractivity contribution < 1.29 is 9.90 Å². The highest BCUT2D eigenvalue weighted by atomic mass is 32.2. The van der Waals surface area contributed by atoms with Gasteiger partial charge in [-0.3, -0.25) is 4.79 Å². The Morgan fingerprint density at radius 3 is 2.53 bits per heavy atom. The molecule has 0 radical (unpaired) electrons. The van der Waals surface area contributed by atoms with Gasteiger partial charge in [-0.05, 0) is 31.9 Å². The standard InChI is InChI=1S/C11H19NO2S/c1-15-5-4-11(14)12-8-2-3-9(12)7-10(13)6-8/h8-10,13H,2-7H2,1H3. The summed E-state index contributed by atoms with van der Waals surface area (Å²) in [5, 5.41) is 9.62. The first-order chi connectivity index (χ1) is 7.22. The van der Waals surface area contributed by atoms with Gasteiger partial charge in [-0.1, -0.05) is 0 Å². The maximum Gasteiger partial charge on any atom is 0.223 e. The zero-order valence-corrected chi connectivity index (χ0v) is 10.0. The van der Waals surface area contributed by atoms with Crippen molar-refractivity contribution in [3.8, 4) is 0 Å². The Bertz CT molecular complexity index is 233. The van der Waals surface area contributed by atoms with Gasteiger partial charge in [0.2, 0.25) is 5.91 Å². The first-order valence-corrected chi connectivity index (χ1v) is 7.10. The van der Waals surface area contributed by atoms with Gasteiger partial charge in [-0.15, -0.1) is 0 Å². The Morgan fingerprint density at radius 2 is 2.00 bits per heavy atom. The Morgan fingerprint density at radius 1 is 1.40 bits per heavy atom. The van der Waals surface area contributed by atoms with Crippen molar-refractivity contribution in [2.45, 2.75) is 50.3 Å². The minimum Gasteiger partial charge on any atom is -0.393 e. The van der Waals surface area contributed by atoms with E-state index in [1.165, 1.54) is 0 Å². The summed E-state index contributed by atoms with van der Waals surface area (Å²) in [6.45, 7) is 0. The molecule has 86 valence electrons. The van der Waals surface area contributed by atoms with Crippen LogP contribution in [-0.2, 0) is 4.79 Å². The number of aliphatic hydroxyl groups excluding tert-OH is 1. The molecular weight excluding hydrogens is 210 g/mol. The minimum absolute atomic E-state index is 0.174. The molecule has 2 aliphatic heterocycles. The second kappa shape index (κ2) is 4.74. The fourth-order valence-electron chi connectivity index (χ4n) is 2.87. The summed E-state index contributed by atoms with van der Waals surface area (Å²) in [6, 6.07) is 0.654. The molecule has 0 saturated carbocycles. The number of thioether (sulfide) groups is 1. The monoisotopic (exact) mass is 229 g/mol. The van der Waals surface area contributed by atoms with Gasteiger partial charge >= 0.3 is 0 Å². The highest BCUT2D eigenvalue weighted by molar-refractivity contribution is 7.98. The van der Waals surface area contributed by atoms with Crippen LogP contribution in [0.3, 0.4) is 0 Å². The van der Waals surface area contributed by atoms with Crippen LogP contribution in [0.4, 0.5) is 0 Å². The number of rotatable bonds is 3. The third kappa shape index (κ3) is 2.31. The second-order valence-corrected chi connectivity index (χ2v) is 5.54. The molecule has 2 heterocycles. The molecule has 0 aromatic carbocycles. The largest absolute Gasteiger partial charge is 0.393 e. The quantitative estimate of drug-likeness (QED) is 0.792. The number of piperidine rings is 1. The lowest BCUT2D eigenvalue weighted by molar-refractivity contribution is -0.136. The summed E-state index contributed by atoms with van der Waals surface area (Å²) in [7, 11) is 0. The number of fused-ring (bicyclic) bond motifs is 2. The van der Waals surface area contributed by atoms with Crippen LogP contribution in [-0.4, -0.2) is 46.1 Å². The molecular formula is C11H19NO2S. The smallest absolute Gasteiger partial charge is 0.223 e. The molecule has 15 heavy (non-hydrogen) atoms. The highest BCUT2D eigenvalue weighted by Gasteiger charge is 2.42. The van der Waals surface area contributed by atoms with Crippen molar-refractivity contribution in [2.24, 2.45) is 0 Å². The van der Waals surface area contributed by atoms with Gasteiger partial charge in [0.05, 0.1) is 6.10 Å². The van der Waals surface area contributed by atoms with Gasteiger partial charge in [0.15, 0.2) is 0 Å². The van der Waals surface area contributed by atoms with E-state index in [0.717, 1.165) is 31.4 Å². The van der Waals surface area contributed by atoms with Gasteiger partial charge in [0.1, 0.15) is 0 Å². The predicted molar refractivity (Wildman–Crippen MR) is 61.9 cm³/mol. The van der Waals surface area contributed by atoms with Crippen LogP contribution >= 0.6 is 11.8 Å². The van der Waals surface area contributed by atoms with Crippen LogP contribution in [0.25, 0.3) is 0 Å². The van der Waals surface area contributed by atoms with E-state index in [0.29, 0.717) is 24.4 Å². The molecule has 2 atom stereocenters. The van der Waals surface area contributed by atoms with E-state index in [2.05, 4.69) is 4.90 Å². The fraction of sp³-hybridized carbons (Fsp3) is 0.909. The van der Waals surface area contributed by atoms with Gasteiger partial charge in [-0.2, -0.15) is 11.8 Å². The van der Waals surface area contributed by atoms with E-state index in [1.807, 2.05) is 6.26 Å². The summed E-state index contributed by atoms with van der Waals surface area (Å²) >= 11 is 1.72. The average Bonchev–Trinajstić information content (AvgIpc) is 2.48. The van der Waals surface area contributed by atoms with Crippen LogP contribution in [0.1, 0.15) is 32.1 Å². The Kier molecular flexibility index (Phi) is 3.57. The highest BCUT2D eigenvalue weighted by Crippen LogP contribution is 2.36. The van der Waals surface area contributed by atoms with Gasteiger partial charge in [0.25, 0.3) is 0 Å². The van der Waals surface area contributed by atoms with Crippen LogP contribution in [0.15, 0.2) is 0 Å². The third-order valence-electron chi connectivity index (χ3n) is 3.52. The topological polar surface area (TPSA) is 40.5 Å². The van der Waals surface area contributed by atoms with Crippen molar-refractivity contribution in [1.82, 2.24) is 4.90 Å². The molecule has 2 unspecified atom stereocenters. The normalized spacial score (nSPS) is 34.5. The van der Waals surface area contributed by atoms with Crippen molar-refractivity contribution in [1.29, 1.82) is 0 Å². The first kappa shape index (κ1) is 11.3. The molecule has 1 N–H and O–H groups in total. The van der Waals surface area contributed by atoms with Crippen LogP contribution in [0, 0.1) is 0 Å². The Labute approximate surface area is 95.2 Å². The predicted octanol–water partition coefficient (Wildman–Crippen LogP) is 1.25. The number of amides is 1. The van der Waals surface area contributed by atoms with Crippen LogP contribution < -0.4 is 0 Å². The molecule has 2 rings (SSSR count). The lowest BCUT2D eigenvalue weighted by Gasteiger charge is -2.37. The molecule has 2 fully saturated rings. The summed E-state index contributed by atoms with van der Waals surface area (Å²) in [4.78, 5) is 14.0. The van der Waals surface area contributed by atoms with Crippen molar-refractivity contribution in [2.75, 3.05) is 12.0 Å². The first-order valence-electron chi connectivity index (χ1n) is 5.70. The van der Waals surface area contributed by atoms with E-state index in [1.54, 1.807) is 11.8 Å². The summed E-state index contributed by atoms with van der Waals surface area (Å²) < 4.78 is 0. The molecule has 0 aromatic rings. The van der Waals surface area contributed by atoms with Crippen molar-refractivity contribution in [3.63, 3.8) is 0 Å². The third-order valence-corrected chi connectivity index (χ3v) is 4.13. The van der Waals surface area contributed by atoms with Gasteiger partial charge < -0.3 is 10.0 Å². The SMILES string of the molecule is CSCCC(=O)N1C2CCC1CC(O)C2. The number of hydrogen-bond donors (Lipinski definition) is 1. The Hall–Kier alpha value is -0.220. The lowest BCUT2D eigenvalue weighted by atomic mass is 9.99. The molecule has 2 aliphatic rings. The number of hydrogen-bond acceptors (Lipinski definition) is 3. The Balaban J connectivity index is 1.95. The van der Waals surface area contributed by atoms with E-state index in [4.69, 9.17) is 0 Å². The molecule has 4 heteroatoms. The number of carbonyl (C=O) groups is 1. The molecule has 3 nitrogen and oxygen atoms in total. The maximum absolute atomic E-state index is 12.0. The van der Waals surface area contributed by atoms with E-state index < -0.39 is 0 Å². The van der Waals surface area contributed by atoms with E-state index in [-0.39, 0.29) is 6.10 Å². The summed E-state index contributed by atoms with van der Waals surface area (Å²) in [6.07, 6.45) is 6.28. The molecule has 0 aliphatic carbocycles. The summed E-state index contributed by atoms with van der Waals surface area (Å²) in [5.74, 6) is 1.21. The van der Waals surface area contributed by atoms with E-state index in [9.17, 15) is 9.90 Å². The molecule has 0 spiro atoms. The molecule has 2 saturated heterocycles. The van der Waals surface area contributed by atoms with Crippen molar-refractivity contribution in [3.05, 3.63) is 0 Å². The average molecular weight is 229 g/mol. The van der Waals surface area contributed by atoms with Gasteiger partial charge in [0, 0.05) is 24.3 Å². The zero-order valence-electron chi connectivity index (χ0n) is 9.19. The lowest BCUT2D eigenvalue weighted by Crippen LogP contribution is -2.48. The molecule has 2 bridgehead atoms.